The SMILES string of the molecule is CCOCCC1(C(=O)O)CCCNC1.Cl. The number of hydrogen-bond acceptors (Lipinski definition) is 3. The summed E-state index contributed by atoms with van der Waals surface area (Å²) in [7, 11) is 0. The van der Waals surface area contributed by atoms with Gasteiger partial charge in [0.05, 0.1) is 5.41 Å². The predicted molar refractivity (Wildman–Crippen MR) is 60.5 cm³/mol. The zero-order chi connectivity index (χ0) is 10.4. The van der Waals surface area contributed by atoms with Gasteiger partial charge in [-0.1, -0.05) is 0 Å². The van der Waals surface area contributed by atoms with Crippen LogP contribution in [0.3, 0.4) is 0 Å². The van der Waals surface area contributed by atoms with Crippen molar-refractivity contribution >= 4 is 18.4 Å². The maximum atomic E-state index is 11.2. The van der Waals surface area contributed by atoms with E-state index in [-0.39, 0.29) is 12.4 Å². The van der Waals surface area contributed by atoms with Gasteiger partial charge in [0.1, 0.15) is 0 Å². The third-order valence-electron chi connectivity index (χ3n) is 2.86. The molecule has 5 heteroatoms. The zero-order valence-electron chi connectivity index (χ0n) is 9.12. The first kappa shape index (κ1) is 14.7. The molecule has 1 atom stereocenters. The van der Waals surface area contributed by atoms with Crippen molar-refractivity contribution in [2.24, 2.45) is 5.41 Å². The molecule has 0 aromatic rings. The van der Waals surface area contributed by atoms with Crippen molar-refractivity contribution in [3.8, 4) is 0 Å². The van der Waals surface area contributed by atoms with Crippen LogP contribution in [-0.4, -0.2) is 37.4 Å². The molecule has 0 radical (unpaired) electrons. The van der Waals surface area contributed by atoms with Crippen molar-refractivity contribution in [3.63, 3.8) is 0 Å². The fourth-order valence-electron chi connectivity index (χ4n) is 1.88. The van der Waals surface area contributed by atoms with Crippen molar-refractivity contribution in [2.75, 3.05) is 26.3 Å². The number of carboxylic acid groups (broad SMARTS) is 1. The van der Waals surface area contributed by atoms with Crippen LogP contribution < -0.4 is 5.32 Å². The second-order valence-corrected chi connectivity index (χ2v) is 3.81. The van der Waals surface area contributed by atoms with Gasteiger partial charge in [-0.05, 0) is 32.7 Å². The van der Waals surface area contributed by atoms with Crippen molar-refractivity contribution in [1.82, 2.24) is 5.32 Å². The Balaban J connectivity index is 0.00000196. The Hall–Kier alpha value is -0.320. The van der Waals surface area contributed by atoms with Gasteiger partial charge in [0, 0.05) is 19.8 Å². The number of ether oxygens (including phenoxy) is 1. The maximum Gasteiger partial charge on any atom is 0.311 e. The Morgan fingerprint density at radius 3 is 2.80 bits per heavy atom. The van der Waals surface area contributed by atoms with E-state index in [0.29, 0.717) is 26.2 Å². The topological polar surface area (TPSA) is 58.6 Å². The van der Waals surface area contributed by atoms with E-state index in [0.717, 1.165) is 19.4 Å². The molecule has 1 rings (SSSR count). The minimum Gasteiger partial charge on any atom is -0.481 e. The van der Waals surface area contributed by atoms with E-state index in [4.69, 9.17) is 4.74 Å². The summed E-state index contributed by atoms with van der Waals surface area (Å²) in [6, 6.07) is 0. The summed E-state index contributed by atoms with van der Waals surface area (Å²) in [6.45, 7) is 4.64. The molecule has 1 aliphatic heterocycles. The summed E-state index contributed by atoms with van der Waals surface area (Å²) in [5.41, 5.74) is -0.590. The van der Waals surface area contributed by atoms with Crippen LogP contribution in [-0.2, 0) is 9.53 Å². The molecule has 0 saturated carbocycles. The molecule has 0 amide bonds. The van der Waals surface area contributed by atoms with Crippen molar-refractivity contribution < 1.29 is 14.6 Å². The third kappa shape index (κ3) is 3.97. The Kier molecular flexibility index (Phi) is 6.89. The lowest BCUT2D eigenvalue weighted by atomic mass is 9.78. The van der Waals surface area contributed by atoms with Crippen LogP contribution in [0.1, 0.15) is 26.2 Å². The normalized spacial score (nSPS) is 25.7. The lowest BCUT2D eigenvalue weighted by molar-refractivity contribution is -0.151. The summed E-state index contributed by atoms with van der Waals surface area (Å²) in [4.78, 5) is 11.2. The molecule has 1 heterocycles. The second kappa shape index (κ2) is 7.04. The molecule has 1 saturated heterocycles. The summed E-state index contributed by atoms with van der Waals surface area (Å²) >= 11 is 0. The molecular weight excluding hydrogens is 218 g/mol. The van der Waals surface area contributed by atoms with E-state index in [9.17, 15) is 9.90 Å². The minimum absolute atomic E-state index is 0. The average Bonchev–Trinajstić information content (AvgIpc) is 2.19. The average molecular weight is 238 g/mol. The summed E-state index contributed by atoms with van der Waals surface area (Å²) < 4.78 is 5.22. The van der Waals surface area contributed by atoms with Gasteiger partial charge in [0.25, 0.3) is 0 Å². The van der Waals surface area contributed by atoms with E-state index in [2.05, 4.69) is 5.32 Å². The number of piperidine rings is 1. The van der Waals surface area contributed by atoms with Gasteiger partial charge >= 0.3 is 5.97 Å². The smallest absolute Gasteiger partial charge is 0.311 e. The lowest BCUT2D eigenvalue weighted by Crippen LogP contribution is -2.46. The highest BCUT2D eigenvalue weighted by atomic mass is 35.5. The Morgan fingerprint density at radius 2 is 2.33 bits per heavy atom. The number of carbonyl (C=O) groups is 1. The van der Waals surface area contributed by atoms with Gasteiger partial charge in [0.2, 0.25) is 0 Å². The number of carboxylic acids is 1. The minimum atomic E-state index is -0.690. The summed E-state index contributed by atoms with van der Waals surface area (Å²) in [5, 5.41) is 12.3. The standard InChI is InChI=1S/C10H19NO3.ClH/c1-2-14-7-5-10(9(12)13)4-3-6-11-8-10;/h11H,2-8H2,1H3,(H,12,13);1H. The van der Waals surface area contributed by atoms with E-state index < -0.39 is 11.4 Å². The summed E-state index contributed by atoms with van der Waals surface area (Å²) in [5.74, 6) is -0.690. The Morgan fingerprint density at radius 1 is 1.60 bits per heavy atom. The number of hydrogen-bond donors (Lipinski definition) is 2. The van der Waals surface area contributed by atoms with Crippen molar-refractivity contribution in [1.29, 1.82) is 0 Å². The molecule has 4 nitrogen and oxygen atoms in total. The van der Waals surface area contributed by atoms with Crippen LogP contribution in [0.15, 0.2) is 0 Å². The first-order chi connectivity index (χ1) is 6.71. The van der Waals surface area contributed by atoms with Crippen LogP contribution in [0, 0.1) is 5.41 Å². The van der Waals surface area contributed by atoms with E-state index in [1.165, 1.54) is 0 Å². The molecule has 0 aliphatic carbocycles. The molecular formula is C10H20ClNO3. The van der Waals surface area contributed by atoms with E-state index in [1.54, 1.807) is 0 Å². The molecule has 90 valence electrons. The van der Waals surface area contributed by atoms with Crippen LogP contribution in [0.2, 0.25) is 0 Å². The molecule has 1 unspecified atom stereocenters. The highest BCUT2D eigenvalue weighted by Gasteiger charge is 2.39. The first-order valence-corrected chi connectivity index (χ1v) is 5.23. The van der Waals surface area contributed by atoms with Crippen LogP contribution >= 0.6 is 12.4 Å². The number of halogens is 1. The highest BCUT2D eigenvalue weighted by molar-refractivity contribution is 5.85. The maximum absolute atomic E-state index is 11.2. The van der Waals surface area contributed by atoms with Gasteiger partial charge in [0.15, 0.2) is 0 Å². The molecule has 0 aromatic heterocycles. The Labute approximate surface area is 96.8 Å². The van der Waals surface area contributed by atoms with E-state index in [1.807, 2.05) is 6.92 Å². The van der Waals surface area contributed by atoms with Gasteiger partial charge in [-0.15, -0.1) is 12.4 Å². The van der Waals surface area contributed by atoms with Gasteiger partial charge in [-0.25, -0.2) is 0 Å². The lowest BCUT2D eigenvalue weighted by Gasteiger charge is -2.33. The zero-order valence-corrected chi connectivity index (χ0v) is 9.94. The molecule has 0 aromatic carbocycles. The molecule has 0 spiro atoms. The molecule has 1 fully saturated rings. The highest BCUT2D eigenvalue weighted by Crippen LogP contribution is 2.30. The number of nitrogens with one attached hydrogen (secondary N) is 1. The van der Waals surface area contributed by atoms with Gasteiger partial charge in [-0.3, -0.25) is 4.79 Å². The van der Waals surface area contributed by atoms with Crippen LogP contribution in [0.5, 0.6) is 0 Å². The number of rotatable bonds is 5. The van der Waals surface area contributed by atoms with Crippen LogP contribution in [0.4, 0.5) is 0 Å². The third-order valence-corrected chi connectivity index (χ3v) is 2.86. The predicted octanol–water partition coefficient (Wildman–Crippen LogP) is 1.29. The van der Waals surface area contributed by atoms with Gasteiger partial charge < -0.3 is 15.2 Å². The molecule has 0 bridgehead atoms. The fraction of sp³-hybridized carbons (Fsp3) is 0.900. The molecule has 1 aliphatic rings. The van der Waals surface area contributed by atoms with E-state index >= 15 is 0 Å². The quantitative estimate of drug-likeness (QED) is 0.708. The largest absolute Gasteiger partial charge is 0.481 e. The monoisotopic (exact) mass is 237 g/mol. The fourth-order valence-corrected chi connectivity index (χ4v) is 1.88. The second-order valence-electron chi connectivity index (χ2n) is 3.81. The summed E-state index contributed by atoms with van der Waals surface area (Å²) in [6.07, 6.45) is 2.32. The first-order valence-electron chi connectivity index (χ1n) is 5.23. The van der Waals surface area contributed by atoms with Crippen LogP contribution in [0.25, 0.3) is 0 Å². The van der Waals surface area contributed by atoms with Gasteiger partial charge in [-0.2, -0.15) is 0 Å². The van der Waals surface area contributed by atoms with Crippen molar-refractivity contribution in [3.05, 3.63) is 0 Å². The molecule has 2 N–H and O–H groups in total. The Bertz CT molecular complexity index is 193. The molecule has 15 heavy (non-hydrogen) atoms. The van der Waals surface area contributed by atoms with Crippen molar-refractivity contribution in [2.45, 2.75) is 26.2 Å². The number of aliphatic carboxylic acids is 1.